The molecule has 1 atom stereocenters. The van der Waals surface area contributed by atoms with E-state index in [1.165, 1.54) is 10.9 Å². The average molecular weight is 214 g/mol. The molecule has 1 aromatic carbocycles. The standard InChI is InChI=1S/C14H18N2/c1-10(2)14(3,15)13-6-4-5-11-7-8-16-9-12(11)13/h4-10H,15H2,1-3H3. The molecule has 2 rings (SSSR count). The van der Waals surface area contributed by atoms with E-state index in [4.69, 9.17) is 5.73 Å². The van der Waals surface area contributed by atoms with Crippen LogP contribution < -0.4 is 5.73 Å². The van der Waals surface area contributed by atoms with Gasteiger partial charge in [-0.05, 0) is 29.9 Å². The number of hydrogen-bond acceptors (Lipinski definition) is 2. The molecule has 0 bridgehead atoms. The van der Waals surface area contributed by atoms with Crippen molar-refractivity contribution in [2.75, 3.05) is 0 Å². The Morgan fingerprint density at radius 2 is 2.00 bits per heavy atom. The number of nitrogens with zero attached hydrogens (tertiary/aromatic N) is 1. The number of pyridine rings is 1. The van der Waals surface area contributed by atoms with Gasteiger partial charge in [0.15, 0.2) is 0 Å². The number of benzene rings is 1. The summed E-state index contributed by atoms with van der Waals surface area (Å²) in [4.78, 5) is 4.19. The van der Waals surface area contributed by atoms with Crippen LogP contribution in [0.15, 0.2) is 36.7 Å². The summed E-state index contributed by atoms with van der Waals surface area (Å²) in [5, 5.41) is 2.36. The molecule has 0 aliphatic carbocycles. The van der Waals surface area contributed by atoms with Crippen LogP contribution in [0, 0.1) is 5.92 Å². The SMILES string of the molecule is CC(C)C(C)(N)c1cccc2ccncc12. The van der Waals surface area contributed by atoms with Crippen molar-refractivity contribution >= 4 is 10.8 Å². The molecule has 0 saturated heterocycles. The molecule has 84 valence electrons. The number of nitrogens with two attached hydrogens (primary N) is 1. The molecule has 0 spiro atoms. The molecule has 0 aliphatic heterocycles. The molecule has 2 heteroatoms. The number of rotatable bonds is 2. The van der Waals surface area contributed by atoms with Gasteiger partial charge in [-0.3, -0.25) is 4.98 Å². The molecule has 0 aliphatic rings. The summed E-state index contributed by atoms with van der Waals surface area (Å²) in [7, 11) is 0. The fourth-order valence-corrected chi connectivity index (χ4v) is 1.89. The third kappa shape index (κ3) is 1.69. The summed E-state index contributed by atoms with van der Waals surface area (Å²) in [6, 6.07) is 8.28. The van der Waals surface area contributed by atoms with E-state index in [2.05, 4.69) is 44.0 Å². The van der Waals surface area contributed by atoms with Crippen LogP contribution in [0.2, 0.25) is 0 Å². The first-order valence-electron chi connectivity index (χ1n) is 5.65. The largest absolute Gasteiger partial charge is 0.321 e. The summed E-state index contributed by atoms with van der Waals surface area (Å²) >= 11 is 0. The highest BCUT2D eigenvalue weighted by Gasteiger charge is 2.26. The van der Waals surface area contributed by atoms with Crippen LogP contribution in [0.4, 0.5) is 0 Å². The lowest BCUT2D eigenvalue weighted by atomic mass is 9.81. The molecule has 1 heterocycles. The maximum atomic E-state index is 6.42. The van der Waals surface area contributed by atoms with Crippen molar-refractivity contribution in [3.63, 3.8) is 0 Å². The maximum Gasteiger partial charge on any atom is 0.0411 e. The van der Waals surface area contributed by atoms with Crippen molar-refractivity contribution in [2.24, 2.45) is 11.7 Å². The van der Waals surface area contributed by atoms with E-state index in [0.29, 0.717) is 5.92 Å². The van der Waals surface area contributed by atoms with Crippen LogP contribution in [0.25, 0.3) is 10.8 Å². The highest BCUT2D eigenvalue weighted by Crippen LogP contribution is 2.31. The number of hydrogen-bond donors (Lipinski definition) is 1. The lowest BCUT2D eigenvalue weighted by molar-refractivity contribution is 0.353. The summed E-state index contributed by atoms with van der Waals surface area (Å²) in [6.07, 6.45) is 3.72. The van der Waals surface area contributed by atoms with Gasteiger partial charge in [0.25, 0.3) is 0 Å². The highest BCUT2D eigenvalue weighted by atomic mass is 14.7. The zero-order valence-electron chi connectivity index (χ0n) is 10.1. The first-order valence-corrected chi connectivity index (χ1v) is 5.65. The Morgan fingerprint density at radius 3 is 2.69 bits per heavy atom. The van der Waals surface area contributed by atoms with E-state index in [-0.39, 0.29) is 5.54 Å². The van der Waals surface area contributed by atoms with Gasteiger partial charge in [0, 0.05) is 23.3 Å². The van der Waals surface area contributed by atoms with Gasteiger partial charge in [0.2, 0.25) is 0 Å². The van der Waals surface area contributed by atoms with Crippen molar-refractivity contribution in [2.45, 2.75) is 26.3 Å². The predicted octanol–water partition coefficient (Wildman–Crippen LogP) is 3.06. The molecule has 0 amide bonds. The Kier molecular flexibility index (Phi) is 2.68. The normalized spacial score (nSPS) is 15.3. The summed E-state index contributed by atoms with van der Waals surface area (Å²) in [5.74, 6) is 0.387. The van der Waals surface area contributed by atoms with Gasteiger partial charge >= 0.3 is 0 Å². The molecule has 0 fully saturated rings. The second-order valence-electron chi connectivity index (χ2n) is 4.84. The van der Waals surface area contributed by atoms with Gasteiger partial charge in [0.05, 0.1) is 0 Å². The van der Waals surface area contributed by atoms with E-state index < -0.39 is 0 Å². The molecule has 1 aromatic heterocycles. The van der Waals surface area contributed by atoms with E-state index in [1.54, 1.807) is 0 Å². The fourth-order valence-electron chi connectivity index (χ4n) is 1.89. The molecule has 1 unspecified atom stereocenters. The quantitative estimate of drug-likeness (QED) is 0.834. The first-order chi connectivity index (χ1) is 7.53. The van der Waals surface area contributed by atoms with Crippen molar-refractivity contribution in [3.05, 3.63) is 42.2 Å². The minimum Gasteiger partial charge on any atom is -0.321 e. The maximum absolute atomic E-state index is 6.42. The third-order valence-electron chi connectivity index (χ3n) is 3.46. The van der Waals surface area contributed by atoms with E-state index >= 15 is 0 Å². The van der Waals surface area contributed by atoms with Crippen LogP contribution in [0.1, 0.15) is 26.3 Å². The topological polar surface area (TPSA) is 38.9 Å². The number of aromatic nitrogens is 1. The minimum absolute atomic E-state index is 0.317. The van der Waals surface area contributed by atoms with Gasteiger partial charge < -0.3 is 5.73 Å². The Labute approximate surface area is 96.5 Å². The molecule has 0 saturated carbocycles. The molecular formula is C14H18N2. The van der Waals surface area contributed by atoms with Gasteiger partial charge in [-0.15, -0.1) is 0 Å². The van der Waals surface area contributed by atoms with Gasteiger partial charge in [-0.25, -0.2) is 0 Å². The van der Waals surface area contributed by atoms with Crippen molar-refractivity contribution < 1.29 is 0 Å². The molecular weight excluding hydrogens is 196 g/mol. The Balaban J connectivity index is 2.70. The van der Waals surface area contributed by atoms with Gasteiger partial charge in [-0.2, -0.15) is 0 Å². The summed E-state index contributed by atoms with van der Waals surface area (Å²) in [5.41, 5.74) is 7.28. The van der Waals surface area contributed by atoms with E-state index in [9.17, 15) is 0 Å². The van der Waals surface area contributed by atoms with Crippen LogP contribution >= 0.6 is 0 Å². The molecule has 2 aromatic rings. The van der Waals surface area contributed by atoms with Gasteiger partial charge in [0.1, 0.15) is 0 Å². The zero-order valence-corrected chi connectivity index (χ0v) is 10.1. The van der Waals surface area contributed by atoms with Crippen molar-refractivity contribution in [1.82, 2.24) is 4.98 Å². The molecule has 2 N–H and O–H groups in total. The van der Waals surface area contributed by atoms with E-state index in [1.807, 2.05) is 18.5 Å². The Morgan fingerprint density at radius 1 is 1.25 bits per heavy atom. The second-order valence-corrected chi connectivity index (χ2v) is 4.84. The van der Waals surface area contributed by atoms with Crippen molar-refractivity contribution in [3.8, 4) is 0 Å². The monoisotopic (exact) mass is 214 g/mol. The lowest BCUT2D eigenvalue weighted by Crippen LogP contribution is -2.38. The second kappa shape index (κ2) is 3.87. The lowest BCUT2D eigenvalue weighted by Gasteiger charge is -2.30. The zero-order chi connectivity index (χ0) is 11.8. The average Bonchev–Trinajstić information content (AvgIpc) is 2.28. The minimum atomic E-state index is -0.317. The van der Waals surface area contributed by atoms with Crippen LogP contribution in [-0.4, -0.2) is 4.98 Å². The van der Waals surface area contributed by atoms with E-state index in [0.717, 1.165) is 5.39 Å². The Hall–Kier alpha value is -1.41. The van der Waals surface area contributed by atoms with Crippen molar-refractivity contribution in [1.29, 1.82) is 0 Å². The van der Waals surface area contributed by atoms with Crippen LogP contribution in [0.3, 0.4) is 0 Å². The fraction of sp³-hybridized carbons (Fsp3) is 0.357. The molecule has 16 heavy (non-hydrogen) atoms. The Bertz CT molecular complexity index is 496. The predicted molar refractivity (Wildman–Crippen MR) is 68.1 cm³/mol. The van der Waals surface area contributed by atoms with Gasteiger partial charge in [-0.1, -0.05) is 32.0 Å². The smallest absolute Gasteiger partial charge is 0.0411 e. The summed E-state index contributed by atoms with van der Waals surface area (Å²) < 4.78 is 0. The van der Waals surface area contributed by atoms with Crippen LogP contribution in [0.5, 0.6) is 0 Å². The van der Waals surface area contributed by atoms with Crippen LogP contribution in [-0.2, 0) is 5.54 Å². The molecule has 0 radical (unpaired) electrons. The molecule has 2 nitrogen and oxygen atoms in total. The first kappa shape index (κ1) is 11.1. The third-order valence-corrected chi connectivity index (χ3v) is 3.46. The highest BCUT2D eigenvalue weighted by molar-refractivity contribution is 5.85. The summed E-state index contributed by atoms with van der Waals surface area (Å²) in [6.45, 7) is 6.38. The number of fused-ring (bicyclic) bond motifs is 1.